The van der Waals surface area contributed by atoms with E-state index in [1.807, 2.05) is 36.4 Å². The van der Waals surface area contributed by atoms with Crippen LogP contribution in [0, 0.1) is 0 Å². The molecule has 2 aromatic carbocycles. The number of nitrogens with one attached hydrogen (secondary N) is 1. The number of halogens is 1. The summed E-state index contributed by atoms with van der Waals surface area (Å²) in [4.78, 5) is 0. The predicted molar refractivity (Wildman–Crippen MR) is 88.9 cm³/mol. The number of ether oxygens (including phenoxy) is 1. The standard InChI is InChI=1S/C18H22ClNO/c1-3-17(20-4-2)15-10-6-8-12-18(15)21-13-14-9-5-7-11-16(14)19/h5-12,17,20H,3-4,13H2,1-2H3. The molecule has 0 saturated carbocycles. The van der Waals surface area contributed by atoms with Crippen molar-refractivity contribution in [3.63, 3.8) is 0 Å². The largest absolute Gasteiger partial charge is 0.489 e. The highest BCUT2D eigenvalue weighted by Crippen LogP contribution is 2.28. The molecule has 1 N–H and O–H groups in total. The molecule has 0 aromatic heterocycles. The fourth-order valence-corrected chi connectivity index (χ4v) is 2.58. The molecule has 0 aliphatic carbocycles. The van der Waals surface area contributed by atoms with Crippen molar-refractivity contribution < 1.29 is 4.74 Å². The molecule has 112 valence electrons. The third kappa shape index (κ3) is 4.23. The Labute approximate surface area is 132 Å². The summed E-state index contributed by atoms with van der Waals surface area (Å²) in [5, 5.41) is 4.24. The van der Waals surface area contributed by atoms with Crippen molar-refractivity contribution >= 4 is 11.6 Å². The van der Waals surface area contributed by atoms with Crippen molar-refractivity contribution in [2.24, 2.45) is 0 Å². The second-order valence-electron chi connectivity index (χ2n) is 4.94. The Morgan fingerprint density at radius 1 is 1.05 bits per heavy atom. The summed E-state index contributed by atoms with van der Waals surface area (Å²) in [7, 11) is 0. The normalized spacial score (nSPS) is 12.1. The van der Waals surface area contributed by atoms with Gasteiger partial charge in [-0.15, -0.1) is 0 Å². The van der Waals surface area contributed by atoms with Crippen LogP contribution in [0.1, 0.15) is 37.4 Å². The maximum absolute atomic E-state index is 6.18. The fourth-order valence-electron chi connectivity index (χ4n) is 2.39. The Bertz CT molecular complexity index is 571. The lowest BCUT2D eigenvalue weighted by atomic mass is 10.0. The topological polar surface area (TPSA) is 21.3 Å². The van der Waals surface area contributed by atoms with E-state index < -0.39 is 0 Å². The lowest BCUT2D eigenvalue weighted by Gasteiger charge is -2.20. The molecule has 2 aromatic rings. The van der Waals surface area contributed by atoms with E-state index in [2.05, 4.69) is 31.3 Å². The summed E-state index contributed by atoms with van der Waals surface area (Å²) in [5.41, 5.74) is 2.21. The van der Waals surface area contributed by atoms with Gasteiger partial charge >= 0.3 is 0 Å². The van der Waals surface area contributed by atoms with Crippen molar-refractivity contribution in [2.75, 3.05) is 6.54 Å². The lowest BCUT2D eigenvalue weighted by molar-refractivity contribution is 0.298. The van der Waals surface area contributed by atoms with Gasteiger partial charge in [0.1, 0.15) is 12.4 Å². The predicted octanol–water partition coefficient (Wildman–Crippen LogP) is 4.98. The van der Waals surface area contributed by atoms with Crippen molar-refractivity contribution in [1.82, 2.24) is 5.32 Å². The van der Waals surface area contributed by atoms with Crippen LogP contribution in [0.2, 0.25) is 5.02 Å². The van der Waals surface area contributed by atoms with Crippen molar-refractivity contribution in [2.45, 2.75) is 32.9 Å². The minimum atomic E-state index is 0.317. The summed E-state index contributed by atoms with van der Waals surface area (Å²) in [6.45, 7) is 5.73. The lowest BCUT2D eigenvalue weighted by Crippen LogP contribution is -2.20. The van der Waals surface area contributed by atoms with E-state index in [1.165, 1.54) is 5.56 Å². The van der Waals surface area contributed by atoms with Crippen molar-refractivity contribution in [3.8, 4) is 5.75 Å². The maximum Gasteiger partial charge on any atom is 0.124 e. The van der Waals surface area contributed by atoms with Crippen LogP contribution in [-0.2, 0) is 6.61 Å². The monoisotopic (exact) mass is 303 g/mol. The zero-order chi connectivity index (χ0) is 15.1. The molecule has 0 aliphatic heterocycles. The molecule has 0 heterocycles. The molecule has 0 saturated heterocycles. The highest BCUT2D eigenvalue weighted by molar-refractivity contribution is 6.31. The summed E-state index contributed by atoms with van der Waals surface area (Å²) >= 11 is 6.18. The highest BCUT2D eigenvalue weighted by atomic mass is 35.5. The van der Waals surface area contributed by atoms with Gasteiger partial charge < -0.3 is 10.1 Å². The molecule has 3 heteroatoms. The highest BCUT2D eigenvalue weighted by Gasteiger charge is 2.13. The van der Waals surface area contributed by atoms with Crippen LogP contribution in [-0.4, -0.2) is 6.54 Å². The van der Waals surface area contributed by atoms with E-state index in [1.54, 1.807) is 0 Å². The Morgan fingerprint density at radius 3 is 2.48 bits per heavy atom. The van der Waals surface area contributed by atoms with Gasteiger partial charge in [-0.2, -0.15) is 0 Å². The molecule has 0 fully saturated rings. The second kappa shape index (κ2) is 8.06. The molecule has 0 spiro atoms. The smallest absolute Gasteiger partial charge is 0.124 e. The van der Waals surface area contributed by atoms with E-state index in [4.69, 9.17) is 16.3 Å². The van der Waals surface area contributed by atoms with E-state index in [9.17, 15) is 0 Å². The van der Waals surface area contributed by atoms with Crippen LogP contribution in [0.15, 0.2) is 48.5 Å². The molecule has 0 radical (unpaired) electrons. The Hall–Kier alpha value is -1.51. The third-order valence-electron chi connectivity index (χ3n) is 3.49. The zero-order valence-corrected chi connectivity index (χ0v) is 13.4. The summed E-state index contributed by atoms with van der Waals surface area (Å²) in [6.07, 6.45) is 1.03. The van der Waals surface area contributed by atoms with Crippen LogP contribution in [0.5, 0.6) is 5.75 Å². The third-order valence-corrected chi connectivity index (χ3v) is 3.86. The Morgan fingerprint density at radius 2 is 1.76 bits per heavy atom. The van der Waals surface area contributed by atoms with Gasteiger partial charge in [-0.1, -0.05) is 61.8 Å². The van der Waals surface area contributed by atoms with Crippen LogP contribution < -0.4 is 10.1 Å². The van der Waals surface area contributed by atoms with Crippen molar-refractivity contribution in [1.29, 1.82) is 0 Å². The number of benzene rings is 2. The first-order valence-corrected chi connectivity index (χ1v) is 7.82. The summed E-state index contributed by atoms with van der Waals surface area (Å²) in [5.74, 6) is 0.921. The number of para-hydroxylation sites is 1. The molecule has 21 heavy (non-hydrogen) atoms. The van der Waals surface area contributed by atoms with Gasteiger partial charge in [-0.05, 0) is 25.1 Å². The zero-order valence-electron chi connectivity index (χ0n) is 12.6. The number of hydrogen-bond donors (Lipinski definition) is 1. The molecule has 0 aliphatic rings. The SMILES string of the molecule is CCNC(CC)c1ccccc1OCc1ccccc1Cl. The minimum Gasteiger partial charge on any atom is -0.489 e. The van der Waals surface area contributed by atoms with E-state index in [0.717, 1.165) is 29.3 Å². The van der Waals surface area contributed by atoms with Gasteiger partial charge in [0.05, 0.1) is 0 Å². The maximum atomic E-state index is 6.18. The average molecular weight is 304 g/mol. The van der Waals surface area contributed by atoms with Gasteiger partial charge in [0.25, 0.3) is 0 Å². The van der Waals surface area contributed by atoms with E-state index in [-0.39, 0.29) is 0 Å². The van der Waals surface area contributed by atoms with Crippen molar-refractivity contribution in [3.05, 3.63) is 64.7 Å². The Kier molecular flexibility index (Phi) is 6.09. The quantitative estimate of drug-likeness (QED) is 0.779. The summed E-state index contributed by atoms with van der Waals surface area (Å²) < 4.78 is 6.01. The molecule has 2 nitrogen and oxygen atoms in total. The molecule has 0 amide bonds. The van der Waals surface area contributed by atoms with Crippen LogP contribution in [0.25, 0.3) is 0 Å². The van der Waals surface area contributed by atoms with Gasteiger partial charge in [0.2, 0.25) is 0 Å². The molecular formula is C18H22ClNO. The number of rotatable bonds is 7. The minimum absolute atomic E-state index is 0.317. The van der Waals surface area contributed by atoms with Crippen LogP contribution >= 0.6 is 11.6 Å². The summed E-state index contributed by atoms with van der Waals surface area (Å²) in [6, 6.07) is 16.3. The van der Waals surface area contributed by atoms with Gasteiger partial charge in [-0.3, -0.25) is 0 Å². The Balaban J connectivity index is 2.15. The first kappa shape index (κ1) is 15.9. The van der Waals surface area contributed by atoms with Crippen LogP contribution in [0.3, 0.4) is 0 Å². The van der Waals surface area contributed by atoms with E-state index in [0.29, 0.717) is 12.6 Å². The average Bonchev–Trinajstić information content (AvgIpc) is 2.52. The van der Waals surface area contributed by atoms with Gasteiger partial charge in [0, 0.05) is 22.2 Å². The first-order valence-electron chi connectivity index (χ1n) is 7.44. The van der Waals surface area contributed by atoms with Gasteiger partial charge in [-0.25, -0.2) is 0 Å². The molecule has 0 bridgehead atoms. The number of hydrogen-bond acceptors (Lipinski definition) is 2. The molecule has 1 atom stereocenters. The molecule has 2 rings (SSSR count). The fraction of sp³-hybridized carbons (Fsp3) is 0.333. The second-order valence-corrected chi connectivity index (χ2v) is 5.34. The van der Waals surface area contributed by atoms with Crippen LogP contribution in [0.4, 0.5) is 0 Å². The van der Waals surface area contributed by atoms with Gasteiger partial charge in [0.15, 0.2) is 0 Å². The van der Waals surface area contributed by atoms with E-state index >= 15 is 0 Å². The molecule has 1 unspecified atom stereocenters. The molecular weight excluding hydrogens is 282 g/mol. The first-order chi connectivity index (χ1) is 10.3.